The quantitative estimate of drug-likeness (QED) is 0.439. The molecule has 0 fully saturated rings. The van der Waals surface area contributed by atoms with Crippen LogP contribution in [0.25, 0.3) is 0 Å². The van der Waals surface area contributed by atoms with Crippen molar-refractivity contribution in [3.8, 4) is 0 Å². The molecule has 1 heterocycles. The molecule has 128 valence electrons. The Morgan fingerprint density at radius 2 is 1.76 bits per heavy atom. The molecule has 8 heteroatoms. The number of carbonyl (C=O) groups is 1. The van der Waals surface area contributed by atoms with Gasteiger partial charge in [-0.2, -0.15) is 0 Å². The van der Waals surface area contributed by atoms with Crippen LogP contribution in [0.3, 0.4) is 0 Å². The first-order valence-electron chi connectivity index (χ1n) is 7.33. The number of halogens is 2. The number of nitrogens with one attached hydrogen (secondary N) is 1. The molecule has 3 aromatic rings. The number of anilines is 1. The van der Waals surface area contributed by atoms with E-state index in [9.17, 15) is 9.18 Å². The molecule has 1 N–H and O–H groups in total. The van der Waals surface area contributed by atoms with Crippen molar-refractivity contribution in [1.82, 2.24) is 10.2 Å². The van der Waals surface area contributed by atoms with Crippen LogP contribution in [0.15, 0.2) is 57.3 Å². The van der Waals surface area contributed by atoms with Gasteiger partial charge in [0.05, 0.1) is 6.42 Å². The molecule has 3 rings (SSSR count). The van der Waals surface area contributed by atoms with Crippen molar-refractivity contribution in [2.45, 2.75) is 16.5 Å². The maximum atomic E-state index is 12.9. The standard InChI is InChI=1S/C17H13BrFN3OS2/c18-13-5-1-11(2-6-13)9-15(23)20-16-21-22-17(25-16)24-10-12-3-7-14(19)8-4-12/h1-8H,9-10H2,(H,20,21,23). The highest BCUT2D eigenvalue weighted by atomic mass is 79.9. The minimum Gasteiger partial charge on any atom is -0.300 e. The van der Waals surface area contributed by atoms with Gasteiger partial charge in [0, 0.05) is 10.2 Å². The molecule has 0 bridgehead atoms. The Balaban J connectivity index is 1.51. The van der Waals surface area contributed by atoms with E-state index in [1.807, 2.05) is 24.3 Å². The first kappa shape index (κ1) is 18.0. The van der Waals surface area contributed by atoms with Crippen molar-refractivity contribution in [2.75, 3.05) is 5.32 Å². The third kappa shape index (κ3) is 5.62. The number of carbonyl (C=O) groups excluding carboxylic acids is 1. The van der Waals surface area contributed by atoms with Gasteiger partial charge in [-0.3, -0.25) is 4.79 Å². The number of thioether (sulfide) groups is 1. The summed E-state index contributed by atoms with van der Waals surface area (Å²) in [5.41, 5.74) is 1.93. The molecule has 2 aromatic carbocycles. The number of nitrogens with zero attached hydrogens (tertiary/aromatic N) is 2. The maximum Gasteiger partial charge on any atom is 0.230 e. The largest absolute Gasteiger partial charge is 0.300 e. The topological polar surface area (TPSA) is 54.9 Å². The number of amides is 1. The lowest BCUT2D eigenvalue weighted by Gasteiger charge is -2.01. The molecule has 0 aliphatic rings. The monoisotopic (exact) mass is 437 g/mol. The highest BCUT2D eigenvalue weighted by Crippen LogP contribution is 2.28. The summed E-state index contributed by atoms with van der Waals surface area (Å²) in [5.74, 6) is 0.288. The molecule has 4 nitrogen and oxygen atoms in total. The summed E-state index contributed by atoms with van der Waals surface area (Å²) < 4.78 is 14.6. The Labute approximate surface area is 161 Å². The zero-order valence-electron chi connectivity index (χ0n) is 12.9. The average Bonchev–Trinajstić information content (AvgIpc) is 3.04. The molecule has 0 unspecified atom stereocenters. The predicted octanol–water partition coefficient (Wildman–Crippen LogP) is 4.91. The summed E-state index contributed by atoms with van der Waals surface area (Å²) in [5, 5.41) is 11.3. The highest BCUT2D eigenvalue weighted by Gasteiger charge is 2.09. The second-order valence-corrected chi connectivity index (χ2v) is 8.26. The average molecular weight is 438 g/mol. The molecule has 0 spiro atoms. The van der Waals surface area contributed by atoms with Gasteiger partial charge < -0.3 is 5.32 Å². The summed E-state index contributed by atoms with van der Waals surface area (Å²) in [4.78, 5) is 12.1. The summed E-state index contributed by atoms with van der Waals surface area (Å²) in [6, 6.07) is 13.9. The van der Waals surface area contributed by atoms with E-state index in [0.29, 0.717) is 10.9 Å². The van der Waals surface area contributed by atoms with Crippen LogP contribution in [0.2, 0.25) is 0 Å². The van der Waals surface area contributed by atoms with Crippen LogP contribution < -0.4 is 5.32 Å². The first-order valence-corrected chi connectivity index (χ1v) is 9.93. The van der Waals surface area contributed by atoms with Gasteiger partial charge in [-0.15, -0.1) is 10.2 Å². The number of hydrogen-bond acceptors (Lipinski definition) is 5. The molecular weight excluding hydrogens is 425 g/mol. The van der Waals surface area contributed by atoms with Crippen LogP contribution in [0.1, 0.15) is 11.1 Å². The van der Waals surface area contributed by atoms with E-state index in [0.717, 1.165) is 19.9 Å². The Morgan fingerprint density at radius 1 is 1.08 bits per heavy atom. The molecular formula is C17H13BrFN3OS2. The second-order valence-electron chi connectivity index (χ2n) is 5.14. The Morgan fingerprint density at radius 3 is 2.48 bits per heavy atom. The molecule has 0 aliphatic carbocycles. The van der Waals surface area contributed by atoms with E-state index in [4.69, 9.17) is 0 Å². The van der Waals surface area contributed by atoms with E-state index in [1.54, 1.807) is 12.1 Å². The second kappa shape index (κ2) is 8.55. The van der Waals surface area contributed by atoms with E-state index in [1.165, 1.54) is 35.2 Å². The molecule has 0 saturated heterocycles. The Bertz CT molecular complexity index is 853. The number of rotatable bonds is 6. The van der Waals surface area contributed by atoms with Gasteiger partial charge in [0.25, 0.3) is 0 Å². The number of aromatic nitrogens is 2. The van der Waals surface area contributed by atoms with Gasteiger partial charge in [-0.25, -0.2) is 4.39 Å². The summed E-state index contributed by atoms with van der Waals surface area (Å²) >= 11 is 6.19. The third-order valence-electron chi connectivity index (χ3n) is 3.21. The Hall–Kier alpha value is -1.77. The summed E-state index contributed by atoms with van der Waals surface area (Å²) in [6.45, 7) is 0. The lowest BCUT2D eigenvalue weighted by atomic mass is 10.1. The first-order chi connectivity index (χ1) is 12.1. The lowest BCUT2D eigenvalue weighted by Crippen LogP contribution is -2.14. The van der Waals surface area contributed by atoms with E-state index in [-0.39, 0.29) is 18.1 Å². The van der Waals surface area contributed by atoms with Gasteiger partial charge >= 0.3 is 0 Å². The number of benzene rings is 2. The fourth-order valence-corrected chi connectivity index (χ4v) is 3.98. The zero-order valence-corrected chi connectivity index (χ0v) is 16.1. The van der Waals surface area contributed by atoms with Gasteiger partial charge in [0.15, 0.2) is 4.34 Å². The Kier molecular flexibility index (Phi) is 6.17. The summed E-state index contributed by atoms with van der Waals surface area (Å²) in [7, 11) is 0. The van der Waals surface area contributed by atoms with Crippen LogP contribution in [0.4, 0.5) is 9.52 Å². The minimum absolute atomic E-state index is 0.131. The van der Waals surface area contributed by atoms with Crippen molar-refractivity contribution in [1.29, 1.82) is 0 Å². The lowest BCUT2D eigenvalue weighted by molar-refractivity contribution is -0.115. The molecule has 1 aromatic heterocycles. The number of hydrogen-bond donors (Lipinski definition) is 1. The molecule has 0 aliphatic heterocycles. The minimum atomic E-state index is -0.250. The van der Waals surface area contributed by atoms with Crippen molar-refractivity contribution >= 4 is 50.1 Å². The smallest absolute Gasteiger partial charge is 0.230 e. The highest BCUT2D eigenvalue weighted by molar-refractivity contribution is 9.10. The molecule has 0 atom stereocenters. The molecule has 25 heavy (non-hydrogen) atoms. The van der Waals surface area contributed by atoms with Crippen molar-refractivity contribution < 1.29 is 9.18 Å². The van der Waals surface area contributed by atoms with Crippen molar-refractivity contribution in [3.05, 3.63) is 69.9 Å². The van der Waals surface area contributed by atoms with Gasteiger partial charge in [-0.1, -0.05) is 63.3 Å². The molecule has 1 amide bonds. The maximum absolute atomic E-state index is 12.9. The van der Waals surface area contributed by atoms with Crippen molar-refractivity contribution in [2.24, 2.45) is 0 Å². The summed E-state index contributed by atoms with van der Waals surface area (Å²) in [6.07, 6.45) is 0.283. The van der Waals surface area contributed by atoms with E-state index in [2.05, 4.69) is 31.4 Å². The predicted molar refractivity (Wildman–Crippen MR) is 102 cm³/mol. The normalized spacial score (nSPS) is 10.6. The molecule has 0 saturated carbocycles. The van der Waals surface area contributed by atoms with E-state index >= 15 is 0 Å². The fraction of sp³-hybridized carbons (Fsp3) is 0.118. The van der Waals surface area contributed by atoms with Crippen molar-refractivity contribution in [3.63, 3.8) is 0 Å². The van der Waals surface area contributed by atoms with Crippen LogP contribution >= 0.6 is 39.0 Å². The van der Waals surface area contributed by atoms with Gasteiger partial charge in [0.1, 0.15) is 5.82 Å². The molecule has 0 radical (unpaired) electrons. The SMILES string of the molecule is O=C(Cc1ccc(Br)cc1)Nc1nnc(SCc2ccc(F)cc2)s1. The van der Waals surface area contributed by atoms with Crippen LogP contribution in [-0.2, 0) is 17.0 Å². The zero-order chi connectivity index (χ0) is 17.6. The van der Waals surface area contributed by atoms with E-state index < -0.39 is 0 Å². The van der Waals surface area contributed by atoms with Crippen LogP contribution in [-0.4, -0.2) is 16.1 Å². The van der Waals surface area contributed by atoms with Crippen LogP contribution in [0.5, 0.6) is 0 Å². The van der Waals surface area contributed by atoms with Gasteiger partial charge in [-0.05, 0) is 35.4 Å². The third-order valence-corrected chi connectivity index (χ3v) is 5.78. The van der Waals surface area contributed by atoms with Crippen LogP contribution in [0, 0.1) is 5.82 Å². The van der Waals surface area contributed by atoms with Gasteiger partial charge in [0.2, 0.25) is 11.0 Å². The fourth-order valence-electron chi connectivity index (χ4n) is 2.00.